The minimum Gasteiger partial charge on any atom is -0.339 e. The highest BCUT2D eigenvalue weighted by molar-refractivity contribution is 5.95. The first-order chi connectivity index (χ1) is 17.2. The number of nitrogens with zero attached hydrogens (tertiary/aromatic N) is 2. The van der Waals surface area contributed by atoms with Crippen molar-refractivity contribution in [3.8, 4) is 11.1 Å². The van der Waals surface area contributed by atoms with Gasteiger partial charge in [0, 0.05) is 48.9 Å². The Morgan fingerprint density at radius 1 is 0.857 bits per heavy atom. The third-order valence-electron chi connectivity index (χ3n) is 6.71. The number of benzene rings is 3. The van der Waals surface area contributed by atoms with Crippen LogP contribution in [-0.4, -0.2) is 53.8 Å². The SMILES string of the molecule is CCCN(CCC(=O)Nc1ccccc1-c1ccccc1)C1CCN(C(=O)c2ccccc2)CC1. The van der Waals surface area contributed by atoms with Crippen LogP contribution in [0, 0.1) is 0 Å². The summed E-state index contributed by atoms with van der Waals surface area (Å²) in [5, 5.41) is 3.13. The van der Waals surface area contributed by atoms with Crippen molar-refractivity contribution in [2.45, 2.75) is 38.6 Å². The molecule has 3 aromatic carbocycles. The van der Waals surface area contributed by atoms with Crippen molar-refractivity contribution in [1.29, 1.82) is 0 Å². The molecule has 0 saturated carbocycles. The number of nitrogens with one attached hydrogen (secondary N) is 1. The highest BCUT2D eigenvalue weighted by atomic mass is 16.2. The second-order valence-electron chi connectivity index (χ2n) is 9.14. The van der Waals surface area contributed by atoms with Gasteiger partial charge in [-0.1, -0.05) is 73.7 Å². The molecule has 0 aromatic heterocycles. The first-order valence-corrected chi connectivity index (χ1v) is 12.7. The maximum absolute atomic E-state index is 12.9. The predicted octanol–water partition coefficient (Wildman–Crippen LogP) is 5.70. The zero-order valence-corrected chi connectivity index (χ0v) is 20.5. The van der Waals surface area contributed by atoms with Gasteiger partial charge in [-0.05, 0) is 49.6 Å². The van der Waals surface area contributed by atoms with Crippen LogP contribution in [0.1, 0.15) is 43.0 Å². The molecule has 5 heteroatoms. The lowest BCUT2D eigenvalue weighted by Crippen LogP contribution is -2.47. The molecule has 1 heterocycles. The lowest BCUT2D eigenvalue weighted by molar-refractivity contribution is -0.116. The second-order valence-corrected chi connectivity index (χ2v) is 9.14. The first kappa shape index (κ1) is 24.7. The number of piperidine rings is 1. The van der Waals surface area contributed by atoms with E-state index in [1.54, 1.807) is 0 Å². The summed E-state index contributed by atoms with van der Waals surface area (Å²) in [4.78, 5) is 30.1. The van der Waals surface area contributed by atoms with Crippen LogP contribution < -0.4 is 5.32 Å². The third kappa shape index (κ3) is 6.58. The molecule has 0 unspecified atom stereocenters. The molecule has 35 heavy (non-hydrogen) atoms. The van der Waals surface area contributed by atoms with Crippen LogP contribution in [0.5, 0.6) is 0 Å². The number of hydrogen-bond acceptors (Lipinski definition) is 3. The Labute approximate surface area is 208 Å². The van der Waals surface area contributed by atoms with Crippen LogP contribution in [0.15, 0.2) is 84.9 Å². The van der Waals surface area contributed by atoms with Crippen LogP contribution in [0.4, 0.5) is 5.69 Å². The highest BCUT2D eigenvalue weighted by Gasteiger charge is 2.27. The average molecular weight is 470 g/mol. The summed E-state index contributed by atoms with van der Waals surface area (Å²) in [5.74, 6) is 0.147. The maximum Gasteiger partial charge on any atom is 0.253 e. The molecule has 0 atom stereocenters. The molecule has 4 rings (SSSR count). The molecular formula is C30H35N3O2. The smallest absolute Gasteiger partial charge is 0.253 e. The van der Waals surface area contributed by atoms with Crippen molar-refractivity contribution in [2.75, 3.05) is 31.5 Å². The summed E-state index contributed by atoms with van der Waals surface area (Å²) >= 11 is 0. The van der Waals surface area contributed by atoms with Crippen molar-refractivity contribution in [3.63, 3.8) is 0 Å². The van der Waals surface area contributed by atoms with E-state index in [0.29, 0.717) is 12.5 Å². The lowest BCUT2D eigenvalue weighted by Gasteiger charge is -2.38. The number of amides is 2. The number of anilines is 1. The zero-order valence-electron chi connectivity index (χ0n) is 20.5. The fraction of sp³-hybridized carbons (Fsp3) is 0.333. The van der Waals surface area contributed by atoms with Gasteiger partial charge in [0.25, 0.3) is 5.91 Å². The van der Waals surface area contributed by atoms with Gasteiger partial charge >= 0.3 is 0 Å². The van der Waals surface area contributed by atoms with Crippen molar-refractivity contribution in [1.82, 2.24) is 9.80 Å². The van der Waals surface area contributed by atoms with Gasteiger partial charge in [-0.15, -0.1) is 0 Å². The topological polar surface area (TPSA) is 52.7 Å². The molecule has 182 valence electrons. The molecule has 0 bridgehead atoms. The molecule has 3 aromatic rings. The van der Waals surface area contributed by atoms with E-state index in [9.17, 15) is 9.59 Å². The second kappa shape index (κ2) is 12.3. The van der Waals surface area contributed by atoms with Crippen molar-refractivity contribution >= 4 is 17.5 Å². The fourth-order valence-electron chi connectivity index (χ4n) is 4.88. The minimum atomic E-state index is 0.0335. The van der Waals surface area contributed by atoms with E-state index in [4.69, 9.17) is 0 Å². The van der Waals surface area contributed by atoms with E-state index in [1.807, 2.05) is 77.7 Å². The number of rotatable bonds is 9. The van der Waals surface area contributed by atoms with E-state index >= 15 is 0 Å². The van der Waals surface area contributed by atoms with E-state index in [1.165, 1.54) is 0 Å². The summed E-state index contributed by atoms with van der Waals surface area (Å²) < 4.78 is 0. The minimum absolute atomic E-state index is 0.0335. The van der Waals surface area contributed by atoms with E-state index in [0.717, 1.165) is 67.8 Å². The quantitative estimate of drug-likeness (QED) is 0.437. The Morgan fingerprint density at radius 3 is 2.17 bits per heavy atom. The van der Waals surface area contributed by atoms with E-state index < -0.39 is 0 Å². The van der Waals surface area contributed by atoms with Crippen LogP contribution >= 0.6 is 0 Å². The van der Waals surface area contributed by atoms with E-state index in [2.05, 4.69) is 29.3 Å². The van der Waals surface area contributed by atoms with Gasteiger partial charge in [-0.3, -0.25) is 14.5 Å². The Hall–Kier alpha value is -3.44. The molecule has 1 aliphatic heterocycles. The molecule has 0 aliphatic carbocycles. The number of para-hydroxylation sites is 1. The first-order valence-electron chi connectivity index (χ1n) is 12.7. The van der Waals surface area contributed by atoms with Gasteiger partial charge in [0.05, 0.1) is 0 Å². The number of carbonyl (C=O) groups is 2. The fourth-order valence-corrected chi connectivity index (χ4v) is 4.88. The van der Waals surface area contributed by atoms with Gasteiger partial charge in [0.15, 0.2) is 0 Å². The normalized spacial score (nSPS) is 14.2. The molecule has 0 spiro atoms. The predicted molar refractivity (Wildman–Crippen MR) is 142 cm³/mol. The molecule has 1 aliphatic rings. The van der Waals surface area contributed by atoms with Gasteiger partial charge in [0.2, 0.25) is 5.91 Å². The lowest BCUT2D eigenvalue weighted by atomic mass is 10.0. The average Bonchev–Trinajstić information content (AvgIpc) is 2.92. The number of hydrogen-bond donors (Lipinski definition) is 1. The number of carbonyl (C=O) groups excluding carboxylic acids is 2. The van der Waals surface area contributed by atoms with Crippen molar-refractivity contribution < 1.29 is 9.59 Å². The molecule has 1 saturated heterocycles. The zero-order chi connectivity index (χ0) is 24.5. The summed E-state index contributed by atoms with van der Waals surface area (Å²) in [6.45, 7) is 5.39. The number of likely N-dealkylation sites (tertiary alicyclic amines) is 1. The van der Waals surface area contributed by atoms with Crippen molar-refractivity contribution in [3.05, 3.63) is 90.5 Å². The van der Waals surface area contributed by atoms with Gasteiger partial charge < -0.3 is 10.2 Å². The summed E-state index contributed by atoms with van der Waals surface area (Å²) in [6, 6.07) is 28.0. The molecule has 5 nitrogen and oxygen atoms in total. The molecule has 1 N–H and O–H groups in total. The Bertz CT molecular complexity index is 1090. The van der Waals surface area contributed by atoms with Gasteiger partial charge in [-0.2, -0.15) is 0 Å². The van der Waals surface area contributed by atoms with Gasteiger partial charge in [-0.25, -0.2) is 0 Å². The third-order valence-corrected chi connectivity index (χ3v) is 6.71. The molecule has 0 radical (unpaired) electrons. The summed E-state index contributed by atoms with van der Waals surface area (Å²) in [7, 11) is 0. The largest absolute Gasteiger partial charge is 0.339 e. The summed E-state index contributed by atoms with van der Waals surface area (Å²) in [5.41, 5.74) is 3.72. The van der Waals surface area contributed by atoms with Crippen LogP contribution in [-0.2, 0) is 4.79 Å². The highest BCUT2D eigenvalue weighted by Crippen LogP contribution is 2.27. The van der Waals surface area contributed by atoms with Crippen LogP contribution in [0.3, 0.4) is 0 Å². The standard InChI is InChI=1S/C30H35N3O2/c1-2-20-32(26-17-21-33(22-18-26)30(35)25-13-7-4-8-14-25)23-19-29(34)31-28-16-10-9-15-27(28)24-11-5-3-6-12-24/h3-16,26H,2,17-23H2,1H3,(H,31,34). The monoisotopic (exact) mass is 469 g/mol. The molecule has 2 amide bonds. The van der Waals surface area contributed by atoms with Crippen molar-refractivity contribution in [2.24, 2.45) is 0 Å². The Morgan fingerprint density at radius 2 is 1.49 bits per heavy atom. The molecular weight excluding hydrogens is 434 g/mol. The summed E-state index contributed by atoms with van der Waals surface area (Å²) in [6.07, 6.45) is 3.38. The van der Waals surface area contributed by atoms with Crippen LogP contribution in [0.25, 0.3) is 11.1 Å². The maximum atomic E-state index is 12.9. The molecule has 1 fully saturated rings. The van der Waals surface area contributed by atoms with E-state index in [-0.39, 0.29) is 11.8 Å². The van der Waals surface area contributed by atoms with Gasteiger partial charge in [0.1, 0.15) is 0 Å². The Balaban J connectivity index is 1.31. The Kier molecular flexibility index (Phi) is 8.68. The van der Waals surface area contributed by atoms with Crippen LogP contribution in [0.2, 0.25) is 0 Å².